The first-order valence-electron chi connectivity index (χ1n) is 13.7. The van der Waals surface area contributed by atoms with Gasteiger partial charge in [-0.2, -0.15) is 0 Å². The van der Waals surface area contributed by atoms with Crippen LogP contribution in [-0.4, -0.2) is 5.11 Å². The summed E-state index contributed by atoms with van der Waals surface area (Å²) in [6.45, 7) is 16.0. The Morgan fingerprint density at radius 3 is 2.00 bits per heavy atom. The first kappa shape index (κ1) is 27.7. The first-order valence-corrected chi connectivity index (χ1v) is 13.7. The van der Waals surface area contributed by atoms with Crippen molar-refractivity contribution in [3.63, 3.8) is 0 Å². The molecule has 0 aliphatic rings. The van der Waals surface area contributed by atoms with Crippen molar-refractivity contribution in [2.75, 3.05) is 0 Å². The Kier molecular flexibility index (Phi) is 8.84. The molecule has 4 aromatic carbocycles. The highest BCUT2D eigenvalue weighted by Gasteiger charge is 2.19. The van der Waals surface area contributed by atoms with Crippen LogP contribution >= 0.6 is 0 Å². The topological polar surface area (TPSA) is 20.2 Å². The Balaban J connectivity index is 1.94. The molecule has 0 aliphatic heterocycles. The first-order chi connectivity index (χ1) is 19.0. The van der Waals surface area contributed by atoms with E-state index in [0.29, 0.717) is 0 Å². The second kappa shape index (κ2) is 12.5. The van der Waals surface area contributed by atoms with Crippen LogP contribution in [0.25, 0.3) is 44.7 Å². The molecule has 39 heavy (non-hydrogen) atoms. The van der Waals surface area contributed by atoms with Crippen LogP contribution in [0.2, 0.25) is 0 Å². The highest BCUT2D eigenvalue weighted by atomic mass is 16.3. The van der Waals surface area contributed by atoms with Gasteiger partial charge in [-0.3, -0.25) is 0 Å². The fraction of sp³-hybridized carbons (Fsp3) is 0.158. The number of aliphatic hydroxyl groups is 1. The third kappa shape index (κ3) is 5.45. The molecule has 0 heterocycles. The summed E-state index contributed by atoms with van der Waals surface area (Å²) in [5.74, 6) is 0.293. The number of aliphatic hydroxyl groups excluding tert-OH is 1. The molecular formula is C38H38O. The zero-order chi connectivity index (χ0) is 27.9. The van der Waals surface area contributed by atoms with Gasteiger partial charge in [0.05, 0.1) is 0 Å². The van der Waals surface area contributed by atoms with E-state index < -0.39 is 0 Å². The van der Waals surface area contributed by atoms with Crippen molar-refractivity contribution < 1.29 is 5.11 Å². The van der Waals surface area contributed by atoms with Crippen LogP contribution in [0, 0.1) is 5.92 Å². The van der Waals surface area contributed by atoms with Gasteiger partial charge in [-0.05, 0) is 75.6 Å². The molecule has 4 rings (SSSR count). The van der Waals surface area contributed by atoms with E-state index in [2.05, 4.69) is 118 Å². The average molecular weight is 511 g/mol. The smallest absolute Gasteiger partial charge is 0.122 e. The van der Waals surface area contributed by atoms with E-state index in [0.717, 1.165) is 23.1 Å². The van der Waals surface area contributed by atoms with E-state index in [1.165, 1.54) is 44.2 Å². The molecule has 1 nitrogen and oxygen atoms in total. The number of allylic oxidation sites excluding steroid dienone is 6. The van der Waals surface area contributed by atoms with E-state index in [1.54, 1.807) is 6.08 Å². The molecule has 196 valence electrons. The highest BCUT2D eigenvalue weighted by molar-refractivity contribution is 6.09. The van der Waals surface area contributed by atoms with Gasteiger partial charge in [-0.1, -0.05) is 130 Å². The van der Waals surface area contributed by atoms with Crippen molar-refractivity contribution in [1.82, 2.24) is 0 Å². The van der Waals surface area contributed by atoms with Crippen molar-refractivity contribution in [3.05, 3.63) is 144 Å². The van der Waals surface area contributed by atoms with Gasteiger partial charge in [0.25, 0.3) is 0 Å². The number of hydrogen-bond donors (Lipinski definition) is 1. The fourth-order valence-electron chi connectivity index (χ4n) is 5.42. The standard InChI is InChI=1S/C38H38O/c1-7-16-32(26(5)9-3)38(39)27(6)28-22-24-30(25-23-28)36-31(10-4)33(17-8-2)37(29-18-12-11-13-19-29)35-21-15-14-20-34(35)36/h7-9,11-26,39H,1,3,10H2,2,4-6H3/b17-8-,32-16-,38-27-. The van der Waals surface area contributed by atoms with E-state index in [1.807, 2.05) is 26.0 Å². The van der Waals surface area contributed by atoms with E-state index in [9.17, 15) is 5.11 Å². The van der Waals surface area contributed by atoms with Crippen LogP contribution in [0.3, 0.4) is 0 Å². The molecule has 1 unspecified atom stereocenters. The molecule has 4 aromatic rings. The summed E-state index contributed by atoms with van der Waals surface area (Å²) in [6, 6.07) is 28.0. The Morgan fingerprint density at radius 2 is 1.44 bits per heavy atom. The molecule has 1 heteroatoms. The normalized spacial score (nSPS) is 13.4. The van der Waals surface area contributed by atoms with Gasteiger partial charge in [0.15, 0.2) is 0 Å². The van der Waals surface area contributed by atoms with Gasteiger partial charge in [0.1, 0.15) is 5.76 Å². The quantitative estimate of drug-likeness (QED) is 0.135. The monoisotopic (exact) mass is 510 g/mol. The van der Waals surface area contributed by atoms with Crippen LogP contribution in [-0.2, 0) is 6.42 Å². The van der Waals surface area contributed by atoms with Crippen molar-refractivity contribution >= 4 is 22.4 Å². The summed E-state index contributed by atoms with van der Waals surface area (Å²) in [6.07, 6.45) is 10.7. The fourth-order valence-corrected chi connectivity index (χ4v) is 5.42. The maximum atomic E-state index is 11.1. The van der Waals surface area contributed by atoms with Crippen LogP contribution in [0.1, 0.15) is 44.4 Å². The minimum atomic E-state index is 0.0175. The van der Waals surface area contributed by atoms with Gasteiger partial charge in [0.2, 0.25) is 0 Å². The molecule has 0 amide bonds. The predicted molar refractivity (Wildman–Crippen MR) is 172 cm³/mol. The zero-order valence-electron chi connectivity index (χ0n) is 23.5. The minimum absolute atomic E-state index is 0.0175. The lowest BCUT2D eigenvalue weighted by Crippen LogP contribution is -2.01. The number of rotatable bonds is 9. The molecular weight excluding hydrogens is 472 g/mol. The molecule has 0 saturated carbocycles. The highest BCUT2D eigenvalue weighted by Crippen LogP contribution is 2.43. The molecule has 0 fully saturated rings. The number of hydrogen-bond acceptors (Lipinski definition) is 1. The van der Waals surface area contributed by atoms with Gasteiger partial charge >= 0.3 is 0 Å². The van der Waals surface area contributed by atoms with Crippen molar-refractivity contribution in [2.45, 2.75) is 34.1 Å². The Hall–Kier alpha value is -4.36. The maximum absolute atomic E-state index is 11.1. The Labute approximate surface area is 233 Å². The van der Waals surface area contributed by atoms with Crippen LogP contribution in [0.5, 0.6) is 0 Å². The molecule has 1 N–H and O–H groups in total. The molecule has 0 aromatic heterocycles. The van der Waals surface area contributed by atoms with Gasteiger partial charge in [0, 0.05) is 11.5 Å². The minimum Gasteiger partial charge on any atom is -0.507 e. The molecule has 0 aliphatic carbocycles. The molecule has 0 radical (unpaired) electrons. The van der Waals surface area contributed by atoms with Crippen LogP contribution in [0.15, 0.2) is 128 Å². The maximum Gasteiger partial charge on any atom is 0.122 e. The van der Waals surface area contributed by atoms with Gasteiger partial charge in [-0.25, -0.2) is 0 Å². The zero-order valence-corrected chi connectivity index (χ0v) is 23.5. The lowest BCUT2D eigenvalue weighted by Gasteiger charge is -2.21. The average Bonchev–Trinajstić information content (AvgIpc) is 2.98. The largest absolute Gasteiger partial charge is 0.507 e. The van der Waals surface area contributed by atoms with Crippen LogP contribution < -0.4 is 0 Å². The molecule has 0 saturated heterocycles. The van der Waals surface area contributed by atoms with Gasteiger partial charge < -0.3 is 5.11 Å². The Morgan fingerprint density at radius 1 is 0.846 bits per heavy atom. The molecule has 0 bridgehead atoms. The second-order valence-electron chi connectivity index (χ2n) is 9.84. The third-order valence-electron chi connectivity index (χ3n) is 7.49. The van der Waals surface area contributed by atoms with Gasteiger partial charge in [-0.15, -0.1) is 6.58 Å². The lowest BCUT2D eigenvalue weighted by molar-refractivity contribution is 0.416. The van der Waals surface area contributed by atoms with Crippen LogP contribution in [0.4, 0.5) is 0 Å². The van der Waals surface area contributed by atoms with E-state index >= 15 is 0 Å². The summed E-state index contributed by atoms with van der Waals surface area (Å²) in [4.78, 5) is 0. The van der Waals surface area contributed by atoms with Crippen molar-refractivity contribution in [2.24, 2.45) is 5.92 Å². The van der Waals surface area contributed by atoms with E-state index in [-0.39, 0.29) is 11.7 Å². The van der Waals surface area contributed by atoms with E-state index in [4.69, 9.17) is 0 Å². The van der Waals surface area contributed by atoms with Crippen molar-refractivity contribution in [1.29, 1.82) is 0 Å². The summed E-state index contributed by atoms with van der Waals surface area (Å²) < 4.78 is 0. The summed E-state index contributed by atoms with van der Waals surface area (Å²) in [5, 5.41) is 13.6. The summed E-state index contributed by atoms with van der Waals surface area (Å²) >= 11 is 0. The third-order valence-corrected chi connectivity index (χ3v) is 7.49. The Bertz CT molecular complexity index is 1580. The number of fused-ring (bicyclic) bond motifs is 1. The molecule has 1 atom stereocenters. The summed E-state index contributed by atoms with van der Waals surface area (Å²) in [5.41, 5.74) is 10.2. The summed E-state index contributed by atoms with van der Waals surface area (Å²) in [7, 11) is 0. The second-order valence-corrected chi connectivity index (χ2v) is 9.84. The predicted octanol–water partition coefficient (Wildman–Crippen LogP) is 11.0. The number of benzene rings is 4. The molecule has 0 spiro atoms. The lowest BCUT2D eigenvalue weighted by atomic mass is 9.82. The SMILES string of the molecule is C=C/C=C(\C(O)=C(/C)c1ccc(-c2c(CC)c(/C=C\C)c(-c3ccccc3)c3ccccc23)cc1)C(C)C=C. The van der Waals surface area contributed by atoms with Crippen molar-refractivity contribution in [3.8, 4) is 22.3 Å².